The highest BCUT2D eigenvalue weighted by molar-refractivity contribution is 5.88. The van der Waals surface area contributed by atoms with Crippen LogP contribution >= 0.6 is 0 Å². The Labute approximate surface area is 99.5 Å². The number of fused-ring (bicyclic) bond motifs is 1. The molecule has 0 unspecified atom stereocenters. The lowest BCUT2D eigenvalue weighted by atomic mass is 10.0. The Morgan fingerprint density at radius 3 is 2.53 bits per heavy atom. The lowest BCUT2D eigenvalue weighted by molar-refractivity contribution is 0.771. The van der Waals surface area contributed by atoms with E-state index in [1.54, 1.807) is 4.68 Å². The predicted molar refractivity (Wildman–Crippen MR) is 70.6 cm³/mol. The van der Waals surface area contributed by atoms with Gasteiger partial charge in [-0.1, -0.05) is 36.4 Å². The number of aromatic nitrogens is 2. The first-order chi connectivity index (χ1) is 8.24. The summed E-state index contributed by atoms with van der Waals surface area (Å²) < 4.78 is 1.74. The van der Waals surface area contributed by atoms with E-state index >= 15 is 0 Å². The van der Waals surface area contributed by atoms with Crippen LogP contribution in [0.2, 0.25) is 0 Å². The third-order valence-electron chi connectivity index (χ3n) is 2.88. The molecule has 3 rings (SSSR count). The normalized spacial score (nSPS) is 10.9. The van der Waals surface area contributed by atoms with E-state index in [9.17, 15) is 0 Å². The number of hydrogen-bond acceptors (Lipinski definition) is 2. The molecule has 1 heterocycles. The highest BCUT2D eigenvalue weighted by Crippen LogP contribution is 2.26. The fourth-order valence-corrected chi connectivity index (χ4v) is 2.07. The van der Waals surface area contributed by atoms with E-state index in [4.69, 9.17) is 5.73 Å². The molecule has 1 aromatic heterocycles. The molecule has 3 aromatic rings. The molecule has 0 radical (unpaired) electrons. The minimum Gasteiger partial charge on any atom is -0.396 e. The van der Waals surface area contributed by atoms with Gasteiger partial charge in [-0.05, 0) is 16.8 Å². The summed E-state index contributed by atoms with van der Waals surface area (Å²) >= 11 is 0. The number of benzene rings is 2. The van der Waals surface area contributed by atoms with E-state index < -0.39 is 0 Å². The van der Waals surface area contributed by atoms with Gasteiger partial charge in [-0.15, -0.1) is 0 Å². The average Bonchev–Trinajstić information content (AvgIpc) is 2.68. The van der Waals surface area contributed by atoms with Gasteiger partial charge in [-0.2, -0.15) is 5.10 Å². The maximum Gasteiger partial charge on any atom is 0.115 e. The van der Waals surface area contributed by atoms with Gasteiger partial charge in [0.1, 0.15) is 5.69 Å². The maximum absolute atomic E-state index is 5.93. The Bertz CT molecular complexity index is 683. The molecule has 0 aliphatic rings. The van der Waals surface area contributed by atoms with Gasteiger partial charge in [0.05, 0.1) is 5.69 Å². The molecule has 0 bridgehead atoms. The topological polar surface area (TPSA) is 43.8 Å². The van der Waals surface area contributed by atoms with E-state index in [2.05, 4.69) is 35.4 Å². The second kappa shape index (κ2) is 3.63. The zero-order valence-corrected chi connectivity index (χ0v) is 9.59. The molecule has 17 heavy (non-hydrogen) atoms. The van der Waals surface area contributed by atoms with Gasteiger partial charge in [0.15, 0.2) is 0 Å². The molecule has 0 saturated carbocycles. The largest absolute Gasteiger partial charge is 0.396 e. The van der Waals surface area contributed by atoms with E-state index in [0.29, 0.717) is 5.69 Å². The van der Waals surface area contributed by atoms with Gasteiger partial charge in [-0.25, -0.2) is 0 Å². The minimum absolute atomic E-state index is 0.711. The number of anilines is 1. The average molecular weight is 223 g/mol. The van der Waals surface area contributed by atoms with Gasteiger partial charge in [0.25, 0.3) is 0 Å². The monoisotopic (exact) mass is 223 g/mol. The smallest absolute Gasteiger partial charge is 0.115 e. The molecule has 0 aliphatic heterocycles. The van der Waals surface area contributed by atoms with Crippen molar-refractivity contribution in [3.8, 4) is 11.3 Å². The van der Waals surface area contributed by atoms with Crippen LogP contribution in [0.25, 0.3) is 22.0 Å². The molecule has 0 aliphatic carbocycles. The van der Waals surface area contributed by atoms with Gasteiger partial charge >= 0.3 is 0 Å². The van der Waals surface area contributed by atoms with Crippen molar-refractivity contribution in [3.05, 3.63) is 48.7 Å². The first-order valence-electron chi connectivity index (χ1n) is 5.52. The van der Waals surface area contributed by atoms with Gasteiger partial charge in [-0.3, -0.25) is 4.68 Å². The molecule has 3 nitrogen and oxygen atoms in total. The van der Waals surface area contributed by atoms with E-state index in [1.807, 2.05) is 25.4 Å². The second-order valence-corrected chi connectivity index (χ2v) is 4.17. The molecular weight excluding hydrogens is 210 g/mol. The predicted octanol–water partition coefficient (Wildman–Crippen LogP) is 2.82. The van der Waals surface area contributed by atoms with Crippen LogP contribution in [0.4, 0.5) is 5.69 Å². The zero-order valence-electron chi connectivity index (χ0n) is 9.59. The minimum atomic E-state index is 0.711. The highest BCUT2D eigenvalue weighted by Gasteiger charge is 2.07. The summed E-state index contributed by atoms with van der Waals surface area (Å²) in [6, 6.07) is 14.5. The summed E-state index contributed by atoms with van der Waals surface area (Å²) in [5, 5.41) is 6.81. The van der Waals surface area contributed by atoms with Crippen molar-refractivity contribution in [3.63, 3.8) is 0 Å². The summed E-state index contributed by atoms with van der Waals surface area (Å²) in [7, 11) is 1.88. The van der Waals surface area contributed by atoms with E-state index in [1.165, 1.54) is 10.8 Å². The quantitative estimate of drug-likeness (QED) is 0.689. The van der Waals surface area contributed by atoms with Gasteiger partial charge < -0.3 is 5.73 Å². The van der Waals surface area contributed by atoms with Crippen LogP contribution in [-0.4, -0.2) is 9.78 Å². The van der Waals surface area contributed by atoms with Crippen LogP contribution in [0.15, 0.2) is 48.7 Å². The van der Waals surface area contributed by atoms with Crippen LogP contribution in [-0.2, 0) is 7.05 Å². The molecule has 2 aromatic carbocycles. The molecular formula is C14H13N3. The van der Waals surface area contributed by atoms with E-state index in [-0.39, 0.29) is 0 Å². The Kier molecular flexibility index (Phi) is 2.11. The first kappa shape index (κ1) is 9.90. The van der Waals surface area contributed by atoms with Crippen LogP contribution in [0.5, 0.6) is 0 Å². The van der Waals surface area contributed by atoms with Crippen molar-refractivity contribution in [2.45, 2.75) is 0 Å². The summed E-state index contributed by atoms with van der Waals surface area (Å²) in [6.07, 6.45) is 1.82. The third kappa shape index (κ3) is 1.65. The number of rotatable bonds is 1. The Hall–Kier alpha value is -2.29. The molecule has 0 saturated heterocycles. The van der Waals surface area contributed by atoms with Crippen molar-refractivity contribution in [1.29, 1.82) is 0 Å². The lowest BCUT2D eigenvalue weighted by Gasteiger charge is -2.01. The summed E-state index contributed by atoms with van der Waals surface area (Å²) in [5.74, 6) is 0. The number of aryl methyl sites for hydroxylation is 1. The summed E-state index contributed by atoms with van der Waals surface area (Å²) in [4.78, 5) is 0. The molecule has 3 heteroatoms. The molecule has 0 atom stereocenters. The molecule has 0 spiro atoms. The Morgan fingerprint density at radius 2 is 1.82 bits per heavy atom. The van der Waals surface area contributed by atoms with Crippen molar-refractivity contribution < 1.29 is 0 Å². The number of nitrogen functional groups attached to an aromatic ring is 1. The first-order valence-corrected chi connectivity index (χ1v) is 5.52. The molecule has 0 amide bonds. The van der Waals surface area contributed by atoms with Crippen LogP contribution in [0.1, 0.15) is 0 Å². The Morgan fingerprint density at radius 1 is 1.06 bits per heavy atom. The van der Waals surface area contributed by atoms with Crippen molar-refractivity contribution in [2.75, 3.05) is 5.73 Å². The number of hydrogen-bond donors (Lipinski definition) is 1. The van der Waals surface area contributed by atoms with Gasteiger partial charge in [0.2, 0.25) is 0 Å². The van der Waals surface area contributed by atoms with E-state index in [0.717, 1.165) is 11.3 Å². The Balaban J connectivity index is 2.21. The van der Waals surface area contributed by atoms with Crippen LogP contribution in [0.3, 0.4) is 0 Å². The third-order valence-corrected chi connectivity index (χ3v) is 2.88. The fraction of sp³-hybridized carbons (Fsp3) is 0.0714. The number of nitrogens with two attached hydrogens (primary N) is 1. The zero-order chi connectivity index (χ0) is 11.8. The standard InChI is InChI=1S/C14H13N3/c1-17-9-13(15)14(16-17)12-7-6-10-4-2-3-5-11(10)8-12/h2-9H,15H2,1H3. The maximum atomic E-state index is 5.93. The number of nitrogens with zero attached hydrogens (tertiary/aromatic N) is 2. The molecule has 84 valence electrons. The summed E-state index contributed by atoms with van der Waals surface area (Å²) in [5.41, 5.74) is 8.55. The highest BCUT2D eigenvalue weighted by atomic mass is 15.3. The molecule has 0 fully saturated rings. The second-order valence-electron chi connectivity index (χ2n) is 4.17. The summed E-state index contributed by atoms with van der Waals surface area (Å²) in [6.45, 7) is 0. The van der Waals surface area contributed by atoms with Crippen molar-refractivity contribution in [1.82, 2.24) is 9.78 Å². The van der Waals surface area contributed by atoms with Crippen molar-refractivity contribution >= 4 is 16.5 Å². The van der Waals surface area contributed by atoms with Crippen molar-refractivity contribution in [2.24, 2.45) is 7.05 Å². The van der Waals surface area contributed by atoms with Gasteiger partial charge in [0, 0.05) is 18.8 Å². The van der Waals surface area contributed by atoms with Crippen LogP contribution < -0.4 is 5.73 Å². The lowest BCUT2D eigenvalue weighted by Crippen LogP contribution is -1.88. The SMILES string of the molecule is Cn1cc(N)c(-c2ccc3ccccc3c2)n1. The fourth-order valence-electron chi connectivity index (χ4n) is 2.07. The molecule has 2 N–H and O–H groups in total. The van der Waals surface area contributed by atoms with Crippen LogP contribution in [0, 0.1) is 0 Å².